The summed E-state index contributed by atoms with van der Waals surface area (Å²) in [4.78, 5) is 24.6. The predicted molar refractivity (Wildman–Crippen MR) is 70.3 cm³/mol. The lowest BCUT2D eigenvalue weighted by Gasteiger charge is -2.13. The molecule has 0 unspecified atom stereocenters. The Hall–Kier alpha value is -1.96. The minimum atomic E-state index is -1.02. The zero-order valence-electron chi connectivity index (χ0n) is 11.3. The van der Waals surface area contributed by atoms with Crippen LogP contribution in [0.3, 0.4) is 0 Å². The van der Waals surface area contributed by atoms with E-state index in [2.05, 4.69) is 20.5 Å². The Labute approximate surface area is 116 Å². The highest BCUT2D eigenvalue weighted by Crippen LogP contribution is 2.06. The second kappa shape index (κ2) is 6.99. The molecule has 0 bridgehead atoms. The van der Waals surface area contributed by atoms with E-state index in [0.717, 1.165) is 30.7 Å². The topological polar surface area (TPSA) is 100 Å². The van der Waals surface area contributed by atoms with Crippen LogP contribution in [-0.2, 0) is 11.3 Å². The van der Waals surface area contributed by atoms with E-state index in [9.17, 15) is 9.59 Å². The normalized spacial score (nSPS) is 15.4. The lowest BCUT2D eigenvalue weighted by Crippen LogP contribution is -2.28. The molecule has 8 heteroatoms. The maximum Gasteiger partial charge on any atom is 0.325 e. The van der Waals surface area contributed by atoms with Gasteiger partial charge in [-0.25, -0.2) is 4.68 Å². The number of rotatable bonds is 7. The Morgan fingerprint density at radius 2 is 2.10 bits per heavy atom. The Bertz CT molecular complexity index is 467. The summed E-state index contributed by atoms with van der Waals surface area (Å²) in [7, 11) is 0. The maximum absolute atomic E-state index is 11.8. The molecule has 0 radical (unpaired) electrons. The molecule has 8 nitrogen and oxygen atoms in total. The number of hydrogen-bond donors (Lipinski definition) is 2. The Morgan fingerprint density at radius 1 is 1.35 bits per heavy atom. The first-order valence-electron chi connectivity index (χ1n) is 6.77. The molecule has 2 N–H and O–H groups in total. The maximum atomic E-state index is 11.8. The number of nitrogens with zero attached hydrogens (tertiary/aromatic N) is 4. The molecule has 0 saturated carbocycles. The Balaban J connectivity index is 1.68. The van der Waals surface area contributed by atoms with Crippen LogP contribution in [0.4, 0.5) is 0 Å². The Morgan fingerprint density at radius 3 is 2.80 bits per heavy atom. The van der Waals surface area contributed by atoms with Crippen LogP contribution in [0.5, 0.6) is 0 Å². The third-order valence-electron chi connectivity index (χ3n) is 3.20. The molecule has 0 aliphatic carbocycles. The summed E-state index contributed by atoms with van der Waals surface area (Å²) in [5.74, 6) is -1.34. The van der Waals surface area contributed by atoms with Gasteiger partial charge in [-0.2, -0.15) is 0 Å². The van der Waals surface area contributed by atoms with Gasteiger partial charge in [0.1, 0.15) is 6.54 Å². The molecular weight excluding hydrogens is 262 g/mol. The molecule has 0 spiro atoms. The summed E-state index contributed by atoms with van der Waals surface area (Å²) in [6.07, 6.45) is 4.76. The van der Waals surface area contributed by atoms with Crippen molar-refractivity contribution in [1.82, 2.24) is 25.2 Å². The fourth-order valence-corrected chi connectivity index (χ4v) is 2.22. The SMILES string of the molecule is O=C(O)Cn1cc(C(=O)NCCCN2CCCC2)nn1. The first kappa shape index (κ1) is 14.4. The van der Waals surface area contributed by atoms with Crippen molar-refractivity contribution >= 4 is 11.9 Å². The summed E-state index contributed by atoms with van der Waals surface area (Å²) in [5.41, 5.74) is 0.146. The molecule has 20 heavy (non-hydrogen) atoms. The van der Waals surface area contributed by atoms with Crippen LogP contribution in [-0.4, -0.2) is 63.1 Å². The van der Waals surface area contributed by atoms with E-state index in [0.29, 0.717) is 6.54 Å². The summed E-state index contributed by atoms with van der Waals surface area (Å²) in [6, 6.07) is 0. The largest absolute Gasteiger partial charge is 0.480 e. The van der Waals surface area contributed by atoms with Gasteiger partial charge in [0.15, 0.2) is 5.69 Å². The summed E-state index contributed by atoms with van der Waals surface area (Å²) in [6.45, 7) is 3.58. The van der Waals surface area contributed by atoms with Crippen molar-refractivity contribution in [3.05, 3.63) is 11.9 Å². The van der Waals surface area contributed by atoms with Crippen molar-refractivity contribution in [2.45, 2.75) is 25.8 Å². The van der Waals surface area contributed by atoms with Gasteiger partial charge in [0.05, 0.1) is 6.20 Å². The lowest BCUT2D eigenvalue weighted by molar-refractivity contribution is -0.137. The summed E-state index contributed by atoms with van der Waals surface area (Å²) in [5, 5.41) is 18.6. The molecule has 1 saturated heterocycles. The minimum absolute atomic E-state index is 0.146. The third kappa shape index (κ3) is 4.30. The van der Waals surface area contributed by atoms with Crippen LogP contribution in [0.1, 0.15) is 29.8 Å². The van der Waals surface area contributed by atoms with Gasteiger partial charge in [0, 0.05) is 6.54 Å². The van der Waals surface area contributed by atoms with Crippen LogP contribution < -0.4 is 5.32 Å². The van der Waals surface area contributed by atoms with E-state index < -0.39 is 5.97 Å². The van der Waals surface area contributed by atoms with Crippen LogP contribution in [0, 0.1) is 0 Å². The quantitative estimate of drug-likeness (QED) is 0.658. The molecular formula is C12H19N5O3. The van der Waals surface area contributed by atoms with E-state index in [-0.39, 0.29) is 18.1 Å². The van der Waals surface area contributed by atoms with Crippen LogP contribution in [0.15, 0.2) is 6.20 Å². The van der Waals surface area contributed by atoms with Gasteiger partial charge in [-0.05, 0) is 38.9 Å². The molecule has 2 rings (SSSR count). The van der Waals surface area contributed by atoms with E-state index >= 15 is 0 Å². The van der Waals surface area contributed by atoms with Gasteiger partial charge < -0.3 is 15.3 Å². The van der Waals surface area contributed by atoms with Crippen LogP contribution in [0.2, 0.25) is 0 Å². The fourth-order valence-electron chi connectivity index (χ4n) is 2.22. The molecule has 1 aromatic rings. The number of carboxylic acids is 1. The van der Waals surface area contributed by atoms with Crippen LogP contribution >= 0.6 is 0 Å². The molecule has 1 aromatic heterocycles. The summed E-state index contributed by atoms with van der Waals surface area (Å²) >= 11 is 0. The number of carboxylic acid groups (broad SMARTS) is 1. The Kier molecular flexibility index (Phi) is 5.05. The second-order valence-corrected chi connectivity index (χ2v) is 4.85. The first-order valence-corrected chi connectivity index (χ1v) is 6.77. The molecule has 1 fully saturated rings. The van der Waals surface area contributed by atoms with Gasteiger partial charge in [0.25, 0.3) is 5.91 Å². The van der Waals surface area contributed by atoms with Gasteiger partial charge in [0.2, 0.25) is 0 Å². The zero-order valence-corrected chi connectivity index (χ0v) is 11.3. The molecule has 110 valence electrons. The second-order valence-electron chi connectivity index (χ2n) is 4.85. The van der Waals surface area contributed by atoms with Gasteiger partial charge in [-0.3, -0.25) is 9.59 Å². The number of carbonyl (C=O) groups is 2. The van der Waals surface area contributed by atoms with E-state index in [1.165, 1.54) is 19.0 Å². The van der Waals surface area contributed by atoms with Crippen molar-refractivity contribution in [3.8, 4) is 0 Å². The highest BCUT2D eigenvalue weighted by Gasteiger charge is 2.13. The highest BCUT2D eigenvalue weighted by molar-refractivity contribution is 5.91. The molecule has 1 aliphatic heterocycles. The number of nitrogens with one attached hydrogen (secondary N) is 1. The lowest BCUT2D eigenvalue weighted by atomic mass is 10.3. The summed E-state index contributed by atoms with van der Waals surface area (Å²) < 4.78 is 1.13. The number of likely N-dealkylation sites (tertiary alicyclic amines) is 1. The molecule has 2 heterocycles. The number of hydrogen-bond acceptors (Lipinski definition) is 5. The van der Waals surface area contributed by atoms with Crippen molar-refractivity contribution in [2.75, 3.05) is 26.2 Å². The third-order valence-corrected chi connectivity index (χ3v) is 3.20. The van der Waals surface area contributed by atoms with Crippen molar-refractivity contribution < 1.29 is 14.7 Å². The predicted octanol–water partition coefficient (Wildman–Crippen LogP) is -0.422. The van der Waals surface area contributed by atoms with Gasteiger partial charge in [-0.1, -0.05) is 5.21 Å². The molecule has 0 atom stereocenters. The van der Waals surface area contributed by atoms with E-state index in [1.807, 2.05) is 0 Å². The average Bonchev–Trinajstić information content (AvgIpc) is 3.04. The van der Waals surface area contributed by atoms with Crippen LogP contribution in [0.25, 0.3) is 0 Å². The smallest absolute Gasteiger partial charge is 0.325 e. The fraction of sp³-hybridized carbons (Fsp3) is 0.667. The van der Waals surface area contributed by atoms with Crippen molar-refractivity contribution in [1.29, 1.82) is 0 Å². The molecule has 1 amide bonds. The zero-order chi connectivity index (χ0) is 14.4. The molecule has 0 aromatic carbocycles. The minimum Gasteiger partial charge on any atom is -0.480 e. The highest BCUT2D eigenvalue weighted by atomic mass is 16.4. The number of carbonyl (C=O) groups excluding carboxylic acids is 1. The van der Waals surface area contributed by atoms with E-state index in [1.54, 1.807) is 0 Å². The van der Waals surface area contributed by atoms with Crippen molar-refractivity contribution in [2.24, 2.45) is 0 Å². The van der Waals surface area contributed by atoms with Crippen molar-refractivity contribution in [3.63, 3.8) is 0 Å². The number of aliphatic carboxylic acids is 1. The monoisotopic (exact) mass is 281 g/mol. The van der Waals surface area contributed by atoms with Gasteiger partial charge in [-0.15, -0.1) is 5.10 Å². The number of aromatic nitrogens is 3. The van der Waals surface area contributed by atoms with Gasteiger partial charge >= 0.3 is 5.97 Å². The standard InChI is InChI=1S/C12H19N5O3/c18-11(19)9-17-8-10(14-15-17)12(20)13-4-3-7-16-5-1-2-6-16/h8H,1-7,9H2,(H,13,20)(H,18,19). The average molecular weight is 281 g/mol. The first-order chi connectivity index (χ1) is 9.65. The number of amides is 1. The molecule has 1 aliphatic rings. The van der Waals surface area contributed by atoms with E-state index in [4.69, 9.17) is 5.11 Å².